The summed E-state index contributed by atoms with van der Waals surface area (Å²) in [6.45, 7) is 4.20. The Morgan fingerprint density at radius 3 is 2.21 bits per heavy atom. The van der Waals surface area contributed by atoms with Crippen molar-refractivity contribution in [1.82, 2.24) is 0 Å². The first-order valence-corrected chi connectivity index (χ1v) is 8.04. The van der Waals surface area contributed by atoms with Gasteiger partial charge in [0.05, 0.1) is 12.8 Å². The lowest BCUT2D eigenvalue weighted by atomic mass is 9.93. The zero-order chi connectivity index (χ0) is 16.9. The van der Waals surface area contributed by atoms with Gasteiger partial charge in [0.1, 0.15) is 5.75 Å². The molecule has 3 aromatic carbocycles. The number of nitrogens with zero attached hydrogens (tertiary/aromatic N) is 1. The first-order valence-electron chi connectivity index (χ1n) is 8.04. The second-order valence-corrected chi connectivity index (χ2v) is 5.76. The van der Waals surface area contributed by atoms with E-state index in [1.54, 1.807) is 7.11 Å². The summed E-state index contributed by atoms with van der Waals surface area (Å²) in [6, 6.07) is 24.7. The Bertz CT molecular complexity index is 849. The molecule has 0 amide bonds. The Kier molecular flexibility index (Phi) is 4.76. The maximum atomic E-state index is 5.21. The second kappa shape index (κ2) is 7.14. The molecule has 0 heterocycles. The molecule has 0 saturated heterocycles. The average molecular weight is 315 g/mol. The molecule has 0 aromatic heterocycles. The van der Waals surface area contributed by atoms with E-state index in [1.807, 2.05) is 30.3 Å². The smallest absolute Gasteiger partial charge is 0.119 e. The number of rotatable bonds is 4. The van der Waals surface area contributed by atoms with Crippen LogP contribution in [0.4, 0.5) is 5.69 Å². The third kappa shape index (κ3) is 3.38. The van der Waals surface area contributed by atoms with E-state index in [9.17, 15) is 0 Å². The first-order chi connectivity index (χ1) is 11.7. The van der Waals surface area contributed by atoms with Crippen molar-refractivity contribution in [2.24, 2.45) is 4.99 Å². The number of ether oxygens (including phenoxy) is 1. The number of hydrogen-bond acceptors (Lipinski definition) is 2. The van der Waals surface area contributed by atoms with Crippen molar-refractivity contribution >= 4 is 11.4 Å². The highest BCUT2D eigenvalue weighted by Crippen LogP contribution is 2.28. The summed E-state index contributed by atoms with van der Waals surface area (Å²) >= 11 is 0. The predicted molar refractivity (Wildman–Crippen MR) is 101 cm³/mol. The lowest BCUT2D eigenvalue weighted by Gasteiger charge is -2.13. The Morgan fingerprint density at radius 1 is 0.833 bits per heavy atom. The highest BCUT2D eigenvalue weighted by molar-refractivity contribution is 6.06. The topological polar surface area (TPSA) is 21.6 Å². The van der Waals surface area contributed by atoms with Crippen LogP contribution in [-0.2, 0) is 0 Å². The van der Waals surface area contributed by atoms with E-state index in [2.05, 4.69) is 56.3 Å². The van der Waals surface area contributed by atoms with Crippen LogP contribution >= 0.6 is 0 Å². The van der Waals surface area contributed by atoms with Gasteiger partial charge in [-0.1, -0.05) is 48.5 Å². The summed E-state index contributed by atoms with van der Waals surface area (Å²) in [5, 5.41) is 0. The minimum Gasteiger partial charge on any atom is -0.497 e. The fourth-order valence-corrected chi connectivity index (χ4v) is 2.91. The lowest BCUT2D eigenvalue weighted by molar-refractivity contribution is 0.415. The maximum absolute atomic E-state index is 5.21. The van der Waals surface area contributed by atoms with Crippen molar-refractivity contribution in [3.8, 4) is 16.9 Å². The Labute approximate surface area is 143 Å². The van der Waals surface area contributed by atoms with Gasteiger partial charge in [-0.05, 0) is 54.8 Å². The molecule has 0 aliphatic carbocycles. The van der Waals surface area contributed by atoms with Gasteiger partial charge in [-0.2, -0.15) is 0 Å². The Morgan fingerprint density at radius 2 is 1.54 bits per heavy atom. The molecule has 120 valence electrons. The van der Waals surface area contributed by atoms with Gasteiger partial charge >= 0.3 is 0 Å². The zero-order valence-electron chi connectivity index (χ0n) is 14.3. The van der Waals surface area contributed by atoms with Gasteiger partial charge in [-0.25, -0.2) is 0 Å². The lowest BCUT2D eigenvalue weighted by Crippen LogP contribution is -2.01. The normalized spacial score (nSPS) is 11.4. The van der Waals surface area contributed by atoms with Crippen LogP contribution in [0, 0.1) is 6.92 Å². The van der Waals surface area contributed by atoms with E-state index >= 15 is 0 Å². The van der Waals surface area contributed by atoms with E-state index < -0.39 is 0 Å². The molecule has 0 bridgehead atoms. The van der Waals surface area contributed by atoms with Crippen LogP contribution in [0.1, 0.15) is 18.1 Å². The molecule has 0 fully saturated rings. The fraction of sp³-hybridized carbons (Fsp3) is 0.136. The minimum atomic E-state index is 0.840. The number of benzene rings is 3. The van der Waals surface area contributed by atoms with Gasteiger partial charge in [0.25, 0.3) is 0 Å². The Hall–Kier alpha value is -2.87. The number of aryl methyl sites for hydroxylation is 1. The molecule has 0 spiro atoms. The molecule has 2 nitrogen and oxygen atoms in total. The number of aliphatic imine (C=N–C) groups is 1. The van der Waals surface area contributed by atoms with Gasteiger partial charge in [0.15, 0.2) is 0 Å². The third-order valence-corrected chi connectivity index (χ3v) is 4.09. The van der Waals surface area contributed by atoms with Crippen molar-refractivity contribution in [1.29, 1.82) is 0 Å². The van der Waals surface area contributed by atoms with Gasteiger partial charge < -0.3 is 4.74 Å². The van der Waals surface area contributed by atoms with Gasteiger partial charge in [0, 0.05) is 11.3 Å². The molecular formula is C22H21NO. The summed E-state index contributed by atoms with van der Waals surface area (Å²) in [5.41, 5.74) is 6.78. The fourth-order valence-electron chi connectivity index (χ4n) is 2.91. The molecule has 0 unspecified atom stereocenters. The monoisotopic (exact) mass is 315 g/mol. The molecule has 3 rings (SSSR count). The summed E-state index contributed by atoms with van der Waals surface area (Å²) in [6.07, 6.45) is 0. The molecule has 2 heteroatoms. The number of methoxy groups -OCH3 is 1. The van der Waals surface area contributed by atoms with Gasteiger partial charge in [-0.3, -0.25) is 4.99 Å². The quantitative estimate of drug-likeness (QED) is 0.557. The molecular weight excluding hydrogens is 294 g/mol. The van der Waals surface area contributed by atoms with Crippen LogP contribution in [0.5, 0.6) is 5.75 Å². The van der Waals surface area contributed by atoms with Crippen molar-refractivity contribution in [2.45, 2.75) is 13.8 Å². The summed E-state index contributed by atoms with van der Waals surface area (Å²) < 4.78 is 5.21. The van der Waals surface area contributed by atoms with E-state index in [1.165, 1.54) is 22.3 Å². The molecule has 0 aliphatic heterocycles. The van der Waals surface area contributed by atoms with Crippen molar-refractivity contribution < 1.29 is 4.74 Å². The molecule has 0 N–H and O–H groups in total. The van der Waals surface area contributed by atoms with Crippen LogP contribution in [0.2, 0.25) is 0 Å². The molecule has 0 aliphatic rings. The van der Waals surface area contributed by atoms with Gasteiger partial charge in [-0.15, -0.1) is 0 Å². The summed E-state index contributed by atoms with van der Waals surface area (Å²) in [7, 11) is 1.67. The average Bonchev–Trinajstić information content (AvgIpc) is 2.62. The summed E-state index contributed by atoms with van der Waals surface area (Å²) in [5.74, 6) is 0.840. The SMILES string of the molecule is COc1ccc(N=C(C)c2c(C)cccc2-c2ccccc2)cc1. The van der Waals surface area contributed by atoms with E-state index in [-0.39, 0.29) is 0 Å². The number of hydrogen-bond donors (Lipinski definition) is 0. The van der Waals surface area contributed by atoms with Crippen LogP contribution in [0.25, 0.3) is 11.1 Å². The van der Waals surface area contributed by atoms with Crippen LogP contribution in [0.3, 0.4) is 0 Å². The standard InChI is InChI=1S/C22H21NO/c1-16-8-7-11-21(18-9-5-4-6-10-18)22(16)17(2)23-19-12-14-20(24-3)15-13-19/h4-15H,1-3H3. The van der Waals surface area contributed by atoms with Crippen molar-refractivity contribution in [2.75, 3.05) is 7.11 Å². The van der Waals surface area contributed by atoms with Gasteiger partial charge in [0.2, 0.25) is 0 Å². The van der Waals surface area contributed by atoms with Crippen LogP contribution in [0.15, 0.2) is 77.8 Å². The first kappa shape index (κ1) is 16.0. The highest BCUT2D eigenvalue weighted by atomic mass is 16.5. The van der Waals surface area contributed by atoms with Crippen LogP contribution in [-0.4, -0.2) is 12.8 Å². The third-order valence-electron chi connectivity index (χ3n) is 4.09. The Balaban J connectivity index is 2.06. The zero-order valence-corrected chi connectivity index (χ0v) is 14.3. The minimum absolute atomic E-state index is 0.840. The van der Waals surface area contributed by atoms with E-state index in [4.69, 9.17) is 9.73 Å². The molecule has 0 saturated carbocycles. The molecule has 0 atom stereocenters. The second-order valence-electron chi connectivity index (χ2n) is 5.76. The van der Waals surface area contributed by atoms with Crippen molar-refractivity contribution in [3.63, 3.8) is 0 Å². The summed E-state index contributed by atoms with van der Waals surface area (Å²) in [4.78, 5) is 4.81. The molecule has 24 heavy (non-hydrogen) atoms. The van der Waals surface area contributed by atoms with E-state index in [0.29, 0.717) is 0 Å². The highest BCUT2D eigenvalue weighted by Gasteiger charge is 2.10. The maximum Gasteiger partial charge on any atom is 0.119 e. The molecule has 3 aromatic rings. The predicted octanol–water partition coefficient (Wildman–Crippen LogP) is 5.81. The van der Waals surface area contributed by atoms with Crippen LogP contribution < -0.4 is 4.74 Å². The largest absolute Gasteiger partial charge is 0.497 e. The van der Waals surface area contributed by atoms with E-state index in [0.717, 1.165) is 17.1 Å². The molecule has 0 radical (unpaired) electrons. The van der Waals surface area contributed by atoms with Crippen molar-refractivity contribution in [3.05, 3.63) is 83.9 Å².